The Morgan fingerprint density at radius 2 is 2.20 bits per heavy atom. The summed E-state index contributed by atoms with van der Waals surface area (Å²) in [6.45, 7) is 3.92. The zero-order valence-electron chi connectivity index (χ0n) is 15.0. The molecule has 5 nitrogen and oxygen atoms in total. The highest BCUT2D eigenvalue weighted by molar-refractivity contribution is 5.74. The number of urea groups is 1. The van der Waals surface area contributed by atoms with Crippen LogP contribution in [0.1, 0.15) is 31.2 Å². The molecule has 2 amide bonds. The van der Waals surface area contributed by atoms with Gasteiger partial charge in [0.1, 0.15) is 5.82 Å². The number of nitrogens with zero attached hydrogens (tertiary/aromatic N) is 2. The monoisotopic (exact) mass is 349 g/mol. The van der Waals surface area contributed by atoms with Gasteiger partial charge in [-0.05, 0) is 62.3 Å². The molecule has 0 bridgehead atoms. The topological polar surface area (TPSA) is 55.8 Å². The van der Waals surface area contributed by atoms with Gasteiger partial charge in [0.2, 0.25) is 0 Å². The normalized spacial score (nSPS) is 21.8. The van der Waals surface area contributed by atoms with E-state index in [0.717, 1.165) is 50.0 Å². The van der Waals surface area contributed by atoms with E-state index in [1.54, 1.807) is 18.0 Å². The van der Waals surface area contributed by atoms with Crippen molar-refractivity contribution < 1.29 is 14.3 Å². The van der Waals surface area contributed by atoms with E-state index in [2.05, 4.69) is 10.2 Å². The summed E-state index contributed by atoms with van der Waals surface area (Å²) in [4.78, 5) is 16.2. The van der Waals surface area contributed by atoms with Crippen LogP contribution in [0.15, 0.2) is 18.2 Å². The van der Waals surface area contributed by atoms with Gasteiger partial charge < -0.3 is 20.2 Å². The van der Waals surface area contributed by atoms with Gasteiger partial charge >= 0.3 is 6.03 Å². The minimum Gasteiger partial charge on any atom is -0.391 e. The quantitative estimate of drug-likeness (QED) is 0.859. The average Bonchev–Trinajstić information content (AvgIpc) is 3.40. The predicted molar refractivity (Wildman–Crippen MR) is 96.3 cm³/mol. The number of benzene rings is 1. The molecule has 2 fully saturated rings. The Balaban J connectivity index is 1.54. The number of amides is 2. The SMILES string of the molecule is Cc1cc(F)ccc1N1CCCC(NC(=O)N(C)CC(O)C2CC2)C1. The zero-order valence-corrected chi connectivity index (χ0v) is 15.0. The smallest absolute Gasteiger partial charge is 0.317 e. The molecule has 0 radical (unpaired) electrons. The van der Waals surface area contributed by atoms with Crippen LogP contribution >= 0.6 is 0 Å². The predicted octanol–water partition coefficient (Wildman–Crippen LogP) is 2.52. The van der Waals surface area contributed by atoms with Crippen molar-refractivity contribution in [1.82, 2.24) is 10.2 Å². The fraction of sp³-hybridized carbons (Fsp3) is 0.632. The Hall–Kier alpha value is -1.82. The molecule has 1 aromatic carbocycles. The molecule has 0 spiro atoms. The number of rotatable bonds is 5. The van der Waals surface area contributed by atoms with Crippen molar-refractivity contribution in [3.05, 3.63) is 29.6 Å². The van der Waals surface area contributed by atoms with E-state index in [-0.39, 0.29) is 17.9 Å². The summed E-state index contributed by atoms with van der Waals surface area (Å²) in [6, 6.07) is 4.77. The van der Waals surface area contributed by atoms with E-state index >= 15 is 0 Å². The van der Waals surface area contributed by atoms with E-state index in [0.29, 0.717) is 12.5 Å². The molecular weight excluding hydrogens is 321 g/mol. The molecule has 1 aromatic rings. The van der Waals surface area contributed by atoms with Crippen LogP contribution in [0, 0.1) is 18.7 Å². The number of nitrogens with one attached hydrogen (secondary N) is 1. The lowest BCUT2D eigenvalue weighted by Crippen LogP contribution is -2.52. The Morgan fingerprint density at radius 1 is 1.44 bits per heavy atom. The molecule has 6 heteroatoms. The molecular formula is C19H28FN3O2. The molecule has 2 atom stereocenters. The van der Waals surface area contributed by atoms with Gasteiger partial charge in [0.25, 0.3) is 0 Å². The highest BCUT2D eigenvalue weighted by atomic mass is 19.1. The summed E-state index contributed by atoms with van der Waals surface area (Å²) in [5, 5.41) is 13.1. The molecule has 1 aliphatic carbocycles. The van der Waals surface area contributed by atoms with Gasteiger partial charge in [-0.15, -0.1) is 0 Å². The first kappa shape index (κ1) is 18.0. The van der Waals surface area contributed by atoms with Crippen molar-refractivity contribution in [1.29, 1.82) is 0 Å². The van der Waals surface area contributed by atoms with E-state index in [1.165, 1.54) is 6.07 Å². The lowest BCUT2D eigenvalue weighted by molar-refractivity contribution is 0.112. The summed E-state index contributed by atoms with van der Waals surface area (Å²) in [5.74, 6) is 0.140. The Kier molecular flexibility index (Phi) is 5.47. The van der Waals surface area contributed by atoms with Gasteiger partial charge in [0.05, 0.1) is 6.10 Å². The summed E-state index contributed by atoms with van der Waals surface area (Å²) in [5.41, 5.74) is 1.94. The Labute approximate surface area is 148 Å². The summed E-state index contributed by atoms with van der Waals surface area (Å²) in [6.07, 6.45) is 3.62. The number of aryl methyl sites for hydroxylation is 1. The second-order valence-electron chi connectivity index (χ2n) is 7.45. The first-order valence-corrected chi connectivity index (χ1v) is 9.15. The molecule has 2 unspecified atom stereocenters. The summed E-state index contributed by atoms with van der Waals surface area (Å²) in [7, 11) is 1.73. The molecule has 2 N–H and O–H groups in total. The molecule has 3 rings (SSSR count). The third-order valence-corrected chi connectivity index (χ3v) is 5.22. The van der Waals surface area contributed by atoms with Crippen LogP contribution < -0.4 is 10.2 Å². The number of aliphatic hydroxyl groups excluding tert-OH is 1. The van der Waals surface area contributed by atoms with E-state index in [9.17, 15) is 14.3 Å². The van der Waals surface area contributed by atoms with Gasteiger partial charge in [-0.2, -0.15) is 0 Å². The van der Waals surface area contributed by atoms with Crippen LogP contribution in [0.5, 0.6) is 0 Å². The highest BCUT2D eigenvalue weighted by Crippen LogP contribution is 2.32. The average molecular weight is 349 g/mol. The fourth-order valence-electron chi connectivity index (χ4n) is 3.57. The van der Waals surface area contributed by atoms with Crippen LogP contribution in [0.3, 0.4) is 0 Å². The minimum atomic E-state index is -0.416. The standard InChI is InChI=1S/C19H28FN3O2/c1-13-10-15(20)7-8-17(13)23-9-3-4-16(11-23)21-19(25)22(2)12-18(24)14-5-6-14/h7-8,10,14,16,18,24H,3-6,9,11-12H2,1-2H3,(H,21,25). The van der Waals surface area contributed by atoms with Gasteiger partial charge in [0, 0.05) is 38.4 Å². The van der Waals surface area contributed by atoms with Gasteiger partial charge in [-0.1, -0.05) is 0 Å². The number of anilines is 1. The Morgan fingerprint density at radius 3 is 2.88 bits per heavy atom. The van der Waals surface area contributed by atoms with Gasteiger partial charge in [-0.3, -0.25) is 0 Å². The number of hydrogen-bond acceptors (Lipinski definition) is 3. The van der Waals surface area contributed by atoms with Crippen molar-refractivity contribution in [2.24, 2.45) is 5.92 Å². The summed E-state index contributed by atoms with van der Waals surface area (Å²) < 4.78 is 13.3. The number of likely N-dealkylation sites (N-methyl/N-ethyl adjacent to an activating group) is 1. The van der Waals surface area contributed by atoms with E-state index in [1.807, 2.05) is 13.0 Å². The minimum absolute atomic E-state index is 0.0613. The fourth-order valence-corrected chi connectivity index (χ4v) is 3.57. The number of halogens is 1. The number of piperidine rings is 1. The molecule has 1 saturated carbocycles. The molecule has 1 heterocycles. The third-order valence-electron chi connectivity index (χ3n) is 5.22. The number of hydrogen-bond donors (Lipinski definition) is 2. The van der Waals surface area contributed by atoms with Crippen molar-refractivity contribution in [2.75, 3.05) is 31.6 Å². The van der Waals surface area contributed by atoms with E-state index in [4.69, 9.17) is 0 Å². The molecule has 1 saturated heterocycles. The Bertz CT molecular complexity index is 621. The van der Waals surface area contributed by atoms with Crippen LogP contribution in [-0.4, -0.2) is 54.9 Å². The second kappa shape index (κ2) is 7.60. The maximum atomic E-state index is 13.3. The lowest BCUT2D eigenvalue weighted by Gasteiger charge is -2.36. The van der Waals surface area contributed by atoms with Gasteiger partial charge in [0.15, 0.2) is 0 Å². The summed E-state index contributed by atoms with van der Waals surface area (Å²) >= 11 is 0. The maximum Gasteiger partial charge on any atom is 0.317 e. The molecule has 1 aliphatic heterocycles. The lowest BCUT2D eigenvalue weighted by atomic mass is 10.0. The number of aliphatic hydroxyl groups is 1. The van der Waals surface area contributed by atoms with Crippen LogP contribution in [-0.2, 0) is 0 Å². The van der Waals surface area contributed by atoms with Crippen molar-refractivity contribution >= 4 is 11.7 Å². The van der Waals surface area contributed by atoms with E-state index < -0.39 is 6.10 Å². The number of carbonyl (C=O) groups excluding carboxylic acids is 1. The molecule has 0 aromatic heterocycles. The zero-order chi connectivity index (χ0) is 18.0. The highest BCUT2D eigenvalue weighted by Gasteiger charge is 2.31. The van der Waals surface area contributed by atoms with Crippen LogP contribution in [0.25, 0.3) is 0 Å². The second-order valence-corrected chi connectivity index (χ2v) is 7.45. The maximum absolute atomic E-state index is 13.3. The first-order valence-electron chi connectivity index (χ1n) is 9.15. The first-order chi connectivity index (χ1) is 11.9. The third kappa shape index (κ3) is 4.63. The number of carbonyl (C=O) groups is 1. The van der Waals surface area contributed by atoms with Crippen molar-refractivity contribution in [2.45, 2.75) is 44.8 Å². The largest absolute Gasteiger partial charge is 0.391 e. The molecule has 2 aliphatic rings. The van der Waals surface area contributed by atoms with Crippen LogP contribution in [0.2, 0.25) is 0 Å². The van der Waals surface area contributed by atoms with Gasteiger partial charge in [-0.25, -0.2) is 9.18 Å². The van der Waals surface area contributed by atoms with Crippen LogP contribution in [0.4, 0.5) is 14.9 Å². The molecule has 138 valence electrons. The van der Waals surface area contributed by atoms with Crippen molar-refractivity contribution in [3.63, 3.8) is 0 Å². The molecule has 25 heavy (non-hydrogen) atoms. The van der Waals surface area contributed by atoms with Crippen molar-refractivity contribution in [3.8, 4) is 0 Å².